The maximum Gasteiger partial charge on any atom is 0.256 e. The predicted molar refractivity (Wildman–Crippen MR) is 82.4 cm³/mol. The van der Waals surface area contributed by atoms with Gasteiger partial charge in [0.15, 0.2) is 0 Å². The minimum atomic E-state index is -0.359. The van der Waals surface area contributed by atoms with E-state index in [1.165, 1.54) is 12.1 Å². The Morgan fingerprint density at radius 3 is 2.48 bits per heavy atom. The van der Waals surface area contributed by atoms with E-state index in [0.29, 0.717) is 21.4 Å². The fourth-order valence-corrected chi connectivity index (χ4v) is 2.15. The molecule has 1 amide bonds. The van der Waals surface area contributed by atoms with Crippen molar-refractivity contribution >= 4 is 33.2 Å². The summed E-state index contributed by atoms with van der Waals surface area (Å²) in [7, 11) is 0. The molecule has 2 rings (SSSR count). The number of halogens is 1. The van der Waals surface area contributed by atoms with Crippen molar-refractivity contribution < 1.29 is 4.79 Å². The molecule has 0 heterocycles. The van der Waals surface area contributed by atoms with Crippen molar-refractivity contribution in [3.63, 3.8) is 0 Å². The first-order valence-corrected chi connectivity index (χ1v) is 6.65. The summed E-state index contributed by atoms with van der Waals surface area (Å²) >= 11 is 3.28. The maximum absolute atomic E-state index is 12.2. The number of benzene rings is 2. The van der Waals surface area contributed by atoms with E-state index in [1.807, 2.05) is 12.1 Å². The second kappa shape index (κ2) is 6.08. The molecule has 0 bridgehead atoms. The number of rotatable bonds is 2. The molecule has 0 aliphatic heterocycles. The first-order chi connectivity index (χ1) is 10.0. The monoisotopic (exact) mass is 340 g/mol. The van der Waals surface area contributed by atoms with Crippen LogP contribution in [0, 0.1) is 22.7 Å². The lowest BCUT2D eigenvalue weighted by Gasteiger charge is -2.08. The molecule has 0 unspecified atom stereocenters. The van der Waals surface area contributed by atoms with Crippen LogP contribution in [0.3, 0.4) is 0 Å². The lowest BCUT2D eigenvalue weighted by molar-refractivity contribution is 0.102. The van der Waals surface area contributed by atoms with E-state index in [4.69, 9.17) is 16.3 Å². The molecule has 0 saturated heterocycles. The number of nitrogens with zero attached hydrogens (tertiary/aromatic N) is 2. The van der Waals surface area contributed by atoms with E-state index >= 15 is 0 Å². The predicted octanol–water partition coefficient (Wildman–Crippen LogP) is 3.03. The van der Waals surface area contributed by atoms with Crippen molar-refractivity contribution in [1.29, 1.82) is 10.5 Å². The number of hydrogen-bond acceptors (Lipinski definition) is 4. The molecule has 0 aliphatic rings. The van der Waals surface area contributed by atoms with Gasteiger partial charge in [-0.1, -0.05) is 0 Å². The van der Waals surface area contributed by atoms with Gasteiger partial charge in [0.2, 0.25) is 0 Å². The zero-order valence-electron chi connectivity index (χ0n) is 10.7. The highest BCUT2D eigenvalue weighted by Gasteiger charge is 2.12. The molecular weight excluding hydrogens is 332 g/mol. The third kappa shape index (κ3) is 3.19. The molecule has 0 aromatic heterocycles. The van der Waals surface area contributed by atoms with E-state index in [-0.39, 0.29) is 17.0 Å². The van der Waals surface area contributed by atoms with Crippen LogP contribution in [0.2, 0.25) is 0 Å². The molecule has 0 spiro atoms. The summed E-state index contributed by atoms with van der Waals surface area (Å²) in [5, 5.41) is 20.5. The molecule has 0 fully saturated rings. The lowest BCUT2D eigenvalue weighted by Crippen LogP contribution is -2.13. The topological polar surface area (TPSA) is 103 Å². The maximum atomic E-state index is 12.2. The van der Waals surface area contributed by atoms with Crippen LogP contribution in [0.4, 0.5) is 11.4 Å². The number of carbonyl (C=O) groups is 1. The van der Waals surface area contributed by atoms with Crippen LogP contribution in [0.5, 0.6) is 0 Å². The zero-order chi connectivity index (χ0) is 15.4. The van der Waals surface area contributed by atoms with Crippen LogP contribution in [0.1, 0.15) is 21.5 Å². The van der Waals surface area contributed by atoms with Crippen molar-refractivity contribution in [3.05, 3.63) is 57.6 Å². The molecular formula is C15H9BrN4O. The van der Waals surface area contributed by atoms with Gasteiger partial charge in [-0.3, -0.25) is 4.79 Å². The third-order valence-corrected chi connectivity index (χ3v) is 3.44. The Morgan fingerprint density at radius 2 is 1.81 bits per heavy atom. The highest BCUT2D eigenvalue weighted by atomic mass is 79.9. The third-order valence-electron chi connectivity index (χ3n) is 2.75. The minimum absolute atomic E-state index is 0.210. The number of amides is 1. The Morgan fingerprint density at radius 1 is 1.10 bits per heavy atom. The molecule has 0 aliphatic carbocycles. The summed E-state index contributed by atoms with van der Waals surface area (Å²) in [6.45, 7) is 0. The lowest BCUT2D eigenvalue weighted by atomic mass is 10.1. The number of hydrogen-bond donors (Lipinski definition) is 2. The van der Waals surface area contributed by atoms with Gasteiger partial charge in [0.25, 0.3) is 5.91 Å². The summed E-state index contributed by atoms with van der Waals surface area (Å²) in [6, 6.07) is 13.3. The van der Waals surface area contributed by atoms with Crippen LogP contribution in [0.25, 0.3) is 0 Å². The Hall–Kier alpha value is -2.83. The van der Waals surface area contributed by atoms with Crippen LogP contribution in [-0.2, 0) is 0 Å². The van der Waals surface area contributed by atoms with E-state index in [9.17, 15) is 4.79 Å². The number of nitrogen functional groups attached to an aromatic ring is 1. The fourth-order valence-electron chi connectivity index (χ4n) is 1.73. The van der Waals surface area contributed by atoms with Crippen LogP contribution in [-0.4, -0.2) is 5.91 Å². The van der Waals surface area contributed by atoms with Crippen LogP contribution in [0.15, 0.2) is 40.9 Å². The average molecular weight is 341 g/mol. The Bertz CT molecular complexity index is 802. The second-order valence-corrected chi connectivity index (χ2v) is 5.03. The molecule has 6 heteroatoms. The standard InChI is InChI=1S/C15H9BrN4O/c16-14-4-2-11(19)6-13(14)15(21)20-12-3-1-9(7-17)10(5-12)8-18/h1-6H,19H2,(H,20,21). The van der Waals surface area contributed by atoms with Crippen molar-refractivity contribution in [3.8, 4) is 12.1 Å². The van der Waals surface area contributed by atoms with Crippen molar-refractivity contribution in [2.75, 3.05) is 11.1 Å². The summed E-state index contributed by atoms with van der Waals surface area (Å²) in [6.07, 6.45) is 0. The highest BCUT2D eigenvalue weighted by molar-refractivity contribution is 9.10. The van der Waals surface area contributed by atoms with Gasteiger partial charge in [0.1, 0.15) is 12.1 Å². The Kier molecular flexibility index (Phi) is 4.22. The van der Waals surface area contributed by atoms with E-state index in [0.717, 1.165) is 0 Å². The first-order valence-electron chi connectivity index (χ1n) is 5.86. The largest absolute Gasteiger partial charge is 0.399 e. The Balaban J connectivity index is 2.30. The molecule has 102 valence electrons. The smallest absolute Gasteiger partial charge is 0.256 e. The zero-order valence-corrected chi connectivity index (χ0v) is 12.3. The van der Waals surface area contributed by atoms with Crippen molar-refractivity contribution in [2.45, 2.75) is 0 Å². The number of nitrogens with one attached hydrogen (secondary N) is 1. The highest BCUT2D eigenvalue weighted by Crippen LogP contribution is 2.22. The summed E-state index contributed by atoms with van der Waals surface area (Å²) in [5.41, 5.74) is 7.43. The molecule has 5 nitrogen and oxygen atoms in total. The van der Waals surface area contributed by atoms with Gasteiger partial charge >= 0.3 is 0 Å². The van der Waals surface area contributed by atoms with E-state index in [1.54, 1.807) is 24.3 Å². The molecule has 0 atom stereocenters. The number of anilines is 2. The molecule has 2 aromatic rings. The van der Waals surface area contributed by atoms with Gasteiger partial charge in [-0.15, -0.1) is 0 Å². The molecule has 21 heavy (non-hydrogen) atoms. The quantitative estimate of drug-likeness (QED) is 0.820. The molecule has 3 N–H and O–H groups in total. The van der Waals surface area contributed by atoms with E-state index in [2.05, 4.69) is 21.2 Å². The minimum Gasteiger partial charge on any atom is -0.399 e. The first kappa shape index (κ1) is 14.6. The number of nitriles is 2. The number of carbonyl (C=O) groups excluding carboxylic acids is 1. The van der Waals surface area contributed by atoms with Gasteiger partial charge < -0.3 is 11.1 Å². The molecule has 0 radical (unpaired) electrons. The average Bonchev–Trinajstić information content (AvgIpc) is 2.49. The fraction of sp³-hybridized carbons (Fsp3) is 0. The van der Waals surface area contributed by atoms with Gasteiger partial charge in [-0.25, -0.2) is 0 Å². The van der Waals surface area contributed by atoms with Gasteiger partial charge in [-0.05, 0) is 52.3 Å². The normalized spacial score (nSPS) is 9.48. The van der Waals surface area contributed by atoms with Crippen LogP contribution >= 0.6 is 15.9 Å². The SMILES string of the molecule is N#Cc1ccc(NC(=O)c2cc(N)ccc2Br)cc1C#N. The van der Waals surface area contributed by atoms with Gasteiger partial charge in [0, 0.05) is 15.8 Å². The van der Waals surface area contributed by atoms with Crippen LogP contribution < -0.4 is 11.1 Å². The van der Waals surface area contributed by atoms with Gasteiger partial charge in [-0.2, -0.15) is 10.5 Å². The van der Waals surface area contributed by atoms with E-state index < -0.39 is 0 Å². The van der Waals surface area contributed by atoms with Crippen molar-refractivity contribution in [1.82, 2.24) is 0 Å². The summed E-state index contributed by atoms with van der Waals surface area (Å²) in [4.78, 5) is 12.2. The van der Waals surface area contributed by atoms with Crippen molar-refractivity contribution in [2.24, 2.45) is 0 Å². The second-order valence-electron chi connectivity index (χ2n) is 4.18. The molecule has 2 aromatic carbocycles. The Labute approximate surface area is 129 Å². The van der Waals surface area contributed by atoms with Gasteiger partial charge in [0.05, 0.1) is 16.7 Å². The molecule has 0 saturated carbocycles. The summed E-state index contributed by atoms with van der Waals surface area (Å²) < 4.78 is 0.614. The number of nitrogens with two attached hydrogens (primary N) is 1. The summed E-state index contributed by atoms with van der Waals surface area (Å²) in [5.74, 6) is -0.359.